The molecule has 0 saturated heterocycles. The van der Waals surface area contributed by atoms with Crippen molar-refractivity contribution in [1.82, 2.24) is 25.2 Å². The lowest BCUT2D eigenvalue weighted by atomic mass is 10.1. The second-order valence-electron chi connectivity index (χ2n) is 9.83. The highest BCUT2D eigenvalue weighted by molar-refractivity contribution is 7.16. The van der Waals surface area contributed by atoms with Crippen LogP contribution in [0.4, 0.5) is 5.69 Å². The molecule has 0 aliphatic heterocycles. The van der Waals surface area contributed by atoms with E-state index in [1.807, 2.05) is 78.3 Å². The van der Waals surface area contributed by atoms with E-state index in [9.17, 15) is 14.9 Å². The minimum Gasteiger partial charge on any atom is -0.267 e. The van der Waals surface area contributed by atoms with Gasteiger partial charge in [-0.3, -0.25) is 19.9 Å². The Morgan fingerprint density at radius 2 is 1.60 bits per heavy atom. The highest BCUT2D eigenvalue weighted by atomic mass is 32.1. The maximum atomic E-state index is 12.8. The molecule has 0 unspecified atom stereocenters. The molecule has 0 atom stereocenters. The Morgan fingerprint density at radius 3 is 2.27 bits per heavy atom. The van der Waals surface area contributed by atoms with Gasteiger partial charge in [-0.1, -0.05) is 78.1 Å². The zero-order chi connectivity index (χ0) is 31.2. The number of rotatable bonds is 9. The van der Waals surface area contributed by atoms with Crippen molar-refractivity contribution in [2.24, 2.45) is 5.10 Å². The molecule has 0 saturated carbocycles. The number of hydrazone groups is 1. The molecule has 0 aliphatic rings. The van der Waals surface area contributed by atoms with Gasteiger partial charge in [-0.2, -0.15) is 10.2 Å². The Morgan fingerprint density at radius 1 is 0.933 bits per heavy atom. The number of nitrogens with zero attached hydrogens (tertiary/aromatic N) is 6. The van der Waals surface area contributed by atoms with Gasteiger partial charge in [0.25, 0.3) is 11.6 Å². The Bertz CT molecular complexity index is 2020. The number of hydrogen-bond acceptors (Lipinski definition) is 8. The van der Waals surface area contributed by atoms with Gasteiger partial charge in [0.2, 0.25) is 5.13 Å². The standard InChI is InChI=1S/C34H25N7O3S/c1-23-32(29(37-38-33(42)27-18-20-35-21-19-27)17-14-24-12-15-28(16-13-24)41(43)44)45-34(36-23)40-31(26-10-6-3-7-11-26)22-30(39-40)25-8-4-2-5-9-25/h2-22H,1H3,(H,38,42)/b17-14+,37-29-. The van der Waals surface area contributed by atoms with Crippen LogP contribution in [-0.2, 0) is 0 Å². The van der Waals surface area contributed by atoms with Gasteiger partial charge < -0.3 is 0 Å². The van der Waals surface area contributed by atoms with Crippen LogP contribution in [0.15, 0.2) is 127 Å². The molecule has 220 valence electrons. The van der Waals surface area contributed by atoms with Gasteiger partial charge in [-0.05, 0) is 48.9 Å². The summed E-state index contributed by atoms with van der Waals surface area (Å²) in [7, 11) is 0. The largest absolute Gasteiger partial charge is 0.271 e. The second-order valence-corrected chi connectivity index (χ2v) is 10.8. The van der Waals surface area contributed by atoms with E-state index < -0.39 is 10.8 Å². The smallest absolute Gasteiger partial charge is 0.267 e. The summed E-state index contributed by atoms with van der Waals surface area (Å²) in [6.45, 7) is 1.87. The van der Waals surface area contributed by atoms with Crippen molar-refractivity contribution < 1.29 is 9.72 Å². The Hall–Kier alpha value is -6.07. The van der Waals surface area contributed by atoms with Crippen LogP contribution in [0.2, 0.25) is 0 Å². The lowest BCUT2D eigenvalue weighted by Crippen LogP contribution is -2.19. The molecule has 6 aromatic rings. The summed E-state index contributed by atoms with van der Waals surface area (Å²) in [5.74, 6) is -0.396. The molecule has 3 aromatic heterocycles. The van der Waals surface area contributed by atoms with Crippen molar-refractivity contribution in [1.29, 1.82) is 0 Å². The summed E-state index contributed by atoms with van der Waals surface area (Å²) < 4.78 is 1.83. The number of thiazole rings is 1. The predicted molar refractivity (Wildman–Crippen MR) is 175 cm³/mol. The number of hydrogen-bond donors (Lipinski definition) is 1. The molecule has 0 aliphatic carbocycles. The molecule has 10 nitrogen and oxygen atoms in total. The van der Waals surface area contributed by atoms with Crippen molar-refractivity contribution in [2.75, 3.05) is 0 Å². The minimum atomic E-state index is -0.445. The van der Waals surface area contributed by atoms with Crippen LogP contribution in [0.5, 0.6) is 0 Å². The fraction of sp³-hybridized carbons (Fsp3) is 0.0294. The third-order valence-electron chi connectivity index (χ3n) is 6.81. The number of aromatic nitrogens is 4. The van der Waals surface area contributed by atoms with Crippen molar-refractivity contribution in [3.63, 3.8) is 0 Å². The molecule has 0 radical (unpaired) electrons. The van der Waals surface area contributed by atoms with E-state index in [0.717, 1.165) is 28.1 Å². The van der Waals surface area contributed by atoms with Gasteiger partial charge in [0.1, 0.15) is 5.71 Å². The number of nitro groups is 1. The van der Waals surface area contributed by atoms with E-state index in [0.29, 0.717) is 27.0 Å². The summed E-state index contributed by atoms with van der Waals surface area (Å²) in [6, 6.07) is 31.3. The highest BCUT2D eigenvalue weighted by Crippen LogP contribution is 2.31. The molecular formula is C34H25N7O3S. The average molecular weight is 612 g/mol. The van der Waals surface area contributed by atoms with E-state index in [2.05, 4.69) is 15.5 Å². The van der Waals surface area contributed by atoms with Gasteiger partial charge in [0, 0.05) is 41.2 Å². The molecule has 1 N–H and O–H groups in total. The average Bonchev–Trinajstić information content (AvgIpc) is 3.70. The van der Waals surface area contributed by atoms with Crippen LogP contribution in [0, 0.1) is 17.0 Å². The number of pyridine rings is 1. The fourth-order valence-electron chi connectivity index (χ4n) is 4.53. The first-order chi connectivity index (χ1) is 22.0. The van der Waals surface area contributed by atoms with Crippen LogP contribution in [0.1, 0.15) is 26.5 Å². The topological polar surface area (TPSA) is 128 Å². The molecule has 0 fully saturated rings. The Balaban J connectivity index is 1.41. The van der Waals surface area contributed by atoms with Gasteiger partial charge in [0.15, 0.2) is 0 Å². The number of allylic oxidation sites excluding steroid dienone is 1. The van der Waals surface area contributed by atoms with Gasteiger partial charge in [-0.25, -0.2) is 15.1 Å². The third-order valence-corrected chi connectivity index (χ3v) is 7.96. The van der Waals surface area contributed by atoms with Crippen molar-refractivity contribution in [3.05, 3.63) is 153 Å². The maximum absolute atomic E-state index is 12.8. The summed E-state index contributed by atoms with van der Waals surface area (Å²) >= 11 is 1.38. The van der Waals surface area contributed by atoms with Crippen molar-refractivity contribution in [3.8, 4) is 27.6 Å². The quantitative estimate of drug-likeness (QED) is 0.105. The Labute approximate surface area is 262 Å². The first-order valence-corrected chi connectivity index (χ1v) is 14.7. The molecule has 1 amide bonds. The van der Waals surface area contributed by atoms with E-state index in [4.69, 9.17) is 10.1 Å². The van der Waals surface area contributed by atoms with Gasteiger partial charge in [-0.15, -0.1) is 0 Å². The van der Waals surface area contributed by atoms with Crippen LogP contribution in [0.25, 0.3) is 33.7 Å². The van der Waals surface area contributed by atoms with E-state index >= 15 is 0 Å². The Kier molecular flexibility index (Phi) is 8.42. The molecule has 11 heteroatoms. The normalized spacial score (nSPS) is 11.5. The maximum Gasteiger partial charge on any atom is 0.271 e. The molecule has 3 heterocycles. The predicted octanol–water partition coefficient (Wildman–Crippen LogP) is 7.12. The molecule has 3 aromatic carbocycles. The number of nitrogens with one attached hydrogen (secondary N) is 1. The number of carbonyl (C=O) groups is 1. The highest BCUT2D eigenvalue weighted by Gasteiger charge is 2.19. The zero-order valence-electron chi connectivity index (χ0n) is 23.9. The molecule has 6 rings (SSSR count). The van der Waals surface area contributed by atoms with Crippen LogP contribution in [0.3, 0.4) is 0 Å². The second kappa shape index (κ2) is 13.1. The zero-order valence-corrected chi connectivity index (χ0v) is 24.8. The van der Waals surface area contributed by atoms with Crippen LogP contribution < -0.4 is 5.43 Å². The molecular weight excluding hydrogens is 586 g/mol. The monoisotopic (exact) mass is 611 g/mol. The summed E-state index contributed by atoms with van der Waals surface area (Å²) in [6.07, 6.45) is 6.59. The first kappa shape index (κ1) is 29.0. The number of benzene rings is 3. The van der Waals surface area contributed by atoms with Crippen molar-refractivity contribution >= 4 is 34.7 Å². The fourth-order valence-corrected chi connectivity index (χ4v) is 5.53. The lowest BCUT2D eigenvalue weighted by molar-refractivity contribution is -0.384. The summed E-state index contributed by atoms with van der Waals surface area (Å²) in [4.78, 5) is 33.0. The number of nitro benzene ring substituents is 1. The van der Waals surface area contributed by atoms with Crippen molar-refractivity contribution in [2.45, 2.75) is 6.92 Å². The van der Waals surface area contributed by atoms with Crippen LogP contribution >= 0.6 is 11.3 Å². The first-order valence-electron chi connectivity index (χ1n) is 13.9. The van der Waals surface area contributed by atoms with E-state index in [1.165, 1.54) is 35.9 Å². The summed E-state index contributed by atoms with van der Waals surface area (Å²) in [5, 5.41) is 21.1. The molecule has 0 bridgehead atoms. The summed E-state index contributed by atoms with van der Waals surface area (Å²) in [5.41, 5.74) is 8.55. The SMILES string of the molecule is Cc1nc(-n2nc(-c3ccccc3)cc2-c2ccccc2)sc1C(/C=C/c1ccc([N+](=O)[O-])cc1)=N\NC(=O)c1ccncc1. The van der Waals surface area contributed by atoms with Gasteiger partial charge >= 0.3 is 0 Å². The number of amides is 1. The molecule has 45 heavy (non-hydrogen) atoms. The van der Waals surface area contributed by atoms with Gasteiger partial charge in [0.05, 0.1) is 26.9 Å². The van der Waals surface area contributed by atoms with Crippen LogP contribution in [-0.4, -0.2) is 36.3 Å². The number of carbonyl (C=O) groups excluding carboxylic acids is 1. The minimum absolute atomic E-state index is 0.00286. The lowest BCUT2D eigenvalue weighted by Gasteiger charge is -2.04. The number of non-ortho nitro benzene ring substituents is 1. The molecule has 0 spiro atoms. The van der Waals surface area contributed by atoms with E-state index in [1.54, 1.807) is 36.4 Å². The third kappa shape index (κ3) is 6.63. The number of aryl methyl sites for hydroxylation is 1. The van der Waals surface area contributed by atoms with E-state index in [-0.39, 0.29) is 5.69 Å².